The Bertz CT molecular complexity index is 1050. The van der Waals surface area contributed by atoms with Crippen molar-refractivity contribution in [1.82, 2.24) is 19.7 Å². The maximum atomic E-state index is 12.1. The van der Waals surface area contributed by atoms with Crippen molar-refractivity contribution < 1.29 is 9.53 Å². The Morgan fingerprint density at radius 1 is 1.00 bits per heavy atom. The third-order valence-electron chi connectivity index (χ3n) is 3.93. The molecule has 7 nitrogen and oxygen atoms in total. The van der Waals surface area contributed by atoms with Crippen LogP contribution in [0.4, 0.5) is 5.69 Å². The predicted octanol–water partition coefficient (Wildman–Crippen LogP) is 3.64. The summed E-state index contributed by atoms with van der Waals surface area (Å²) in [6.45, 7) is 0. The number of anilines is 1. The van der Waals surface area contributed by atoms with Crippen LogP contribution in [-0.4, -0.2) is 25.7 Å². The molecule has 2 heterocycles. The number of hydrogen-bond acceptors (Lipinski definition) is 5. The van der Waals surface area contributed by atoms with E-state index in [0.717, 1.165) is 5.56 Å². The molecule has 0 radical (unpaired) electrons. The number of carbonyl (C=O) groups excluding carboxylic acids is 1. The number of ether oxygens (including phenoxy) is 1. The lowest BCUT2D eigenvalue weighted by Gasteiger charge is -2.08. The van der Waals surface area contributed by atoms with Crippen LogP contribution < -0.4 is 10.1 Å². The Kier molecular flexibility index (Phi) is 5.06. The zero-order chi connectivity index (χ0) is 19.2. The Hall–Kier alpha value is -4.00. The van der Waals surface area contributed by atoms with Gasteiger partial charge in [-0.2, -0.15) is 5.10 Å². The van der Waals surface area contributed by atoms with Gasteiger partial charge in [0.1, 0.15) is 12.1 Å². The average Bonchev–Trinajstić information content (AvgIpc) is 3.25. The number of amides is 1. The number of nitrogens with zero attached hydrogens (tertiary/aromatic N) is 4. The molecule has 28 heavy (non-hydrogen) atoms. The molecule has 7 heteroatoms. The maximum absolute atomic E-state index is 12.1. The molecular formula is C21H17N5O2. The number of rotatable bonds is 6. The van der Waals surface area contributed by atoms with Crippen molar-refractivity contribution in [2.75, 3.05) is 5.32 Å². The van der Waals surface area contributed by atoms with E-state index in [1.807, 2.05) is 36.4 Å². The van der Waals surface area contributed by atoms with E-state index in [4.69, 9.17) is 4.74 Å². The molecule has 0 aliphatic carbocycles. The standard InChI is InChI=1S/C21H17N5O2/c27-20(13-16-5-2-1-3-6-16)25-17-7-9-18(10-8-17)28-21-14-19(22-15-23-21)26-12-4-11-24-26/h1-12,14-15H,13H2,(H,25,27). The highest BCUT2D eigenvalue weighted by Gasteiger charge is 2.06. The van der Waals surface area contributed by atoms with Gasteiger partial charge in [0.25, 0.3) is 0 Å². The van der Waals surface area contributed by atoms with Crippen LogP contribution in [0.25, 0.3) is 5.82 Å². The van der Waals surface area contributed by atoms with Crippen LogP contribution in [0.1, 0.15) is 5.56 Å². The van der Waals surface area contributed by atoms with Crippen molar-refractivity contribution in [1.29, 1.82) is 0 Å². The SMILES string of the molecule is O=C(Cc1ccccc1)Nc1ccc(Oc2cc(-n3cccn3)ncn2)cc1. The zero-order valence-electron chi connectivity index (χ0n) is 14.9. The molecule has 0 unspecified atom stereocenters. The largest absolute Gasteiger partial charge is 0.439 e. The summed E-state index contributed by atoms with van der Waals surface area (Å²) >= 11 is 0. The molecular weight excluding hydrogens is 354 g/mol. The fourth-order valence-electron chi connectivity index (χ4n) is 2.63. The van der Waals surface area contributed by atoms with Gasteiger partial charge >= 0.3 is 0 Å². The first-order valence-corrected chi connectivity index (χ1v) is 8.70. The highest BCUT2D eigenvalue weighted by atomic mass is 16.5. The number of benzene rings is 2. The summed E-state index contributed by atoms with van der Waals surface area (Å²) < 4.78 is 7.39. The summed E-state index contributed by atoms with van der Waals surface area (Å²) in [4.78, 5) is 20.4. The van der Waals surface area contributed by atoms with Crippen molar-refractivity contribution in [2.24, 2.45) is 0 Å². The summed E-state index contributed by atoms with van der Waals surface area (Å²) in [5, 5.41) is 7.01. The molecule has 2 aromatic heterocycles. The molecule has 1 N–H and O–H groups in total. The second-order valence-electron chi connectivity index (χ2n) is 6.00. The van der Waals surface area contributed by atoms with Gasteiger partial charge in [0.15, 0.2) is 5.82 Å². The summed E-state index contributed by atoms with van der Waals surface area (Å²) in [5.74, 6) is 1.55. The minimum absolute atomic E-state index is 0.0699. The van der Waals surface area contributed by atoms with Gasteiger partial charge in [-0.3, -0.25) is 4.79 Å². The summed E-state index contributed by atoms with van der Waals surface area (Å²) in [7, 11) is 0. The third kappa shape index (κ3) is 4.39. The molecule has 0 aliphatic heterocycles. The second kappa shape index (κ2) is 8.13. The molecule has 0 saturated heterocycles. The first-order chi connectivity index (χ1) is 13.8. The van der Waals surface area contributed by atoms with E-state index in [0.29, 0.717) is 29.6 Å². The lowest BCUT2D eigenvalue weighted by molar-refractivity contribution is -0.115. The van der Waals surface area contributed by atoms with Gasteiger partial charge in [0.2, 0.25) is 11.8 Å². The molecule has 0 saturated carbocycles. The Balaban J connectivity index is 1.38. The van der Waals surface area contributed by atoms with Crippen LogP contribution in [0.5, 0.6) is 11.6 Å². The van der Waals surface area contributed by atoms with Crippen LogP contribution in [-0.2, 0) is 11.2 Å². The Morgan fingerprint density at radius 2 is 1.82 bits per heavy atom. The van der Waals surface area contributed by atoms with Gasteiger partial charge in [-0.25, -0.2) is 14.6 Å². The van der Waals surface area contributed by atoms with Gasteiger partial charge in [-0.1, -0.05) is 30.3 Å². The van der Waals surface area contributed by atoms with E-state index in [1.54, 1.807) is 47.4 Å². The molecule has 138 valence electrons. The van der Waals surface area contributed by atoms with Crippen molar-refractivity contribution in [3.63, 3.8) is 0 Å². The van der Waals surface area contributed by atoms with E-state index in [9.17, 15) is 4.79 Å². The van der Waals surface area contributed by atoms with E-state index < -0.39 is 0 Å². The average molecular weight is 371 g/mol. The molecule has 2 aromatic carbocycles. The fourth-order valence-corrected chi connectivity index (χ4v) is 2.63. The molecule has 0 aliphatic rings. The highest BCUT2D eigenvalue weighted by Crippen LogP contribution is 2.22. The maximum Gasteiger partial charge on any atom is 0.228 e. The van der Waals surface area contributed by atoms with Gasteiger partial charge in [0.05, 0.1) is 6.42 Å². The van der Waals surface area contributed by atoms with Crippen LogP contribution >= 0.6 is 0 Å². The van der Waals surface area contributed by atoms with E-state index in [1.165, 1.54) is 6.33 Å². The smallest absolute Gasteiger partial charge is 0.228 e. The number of carbonyl (C=O) groups is 1. The molecule has 1 amide bonds. The van der Waals surface area contributed by atoms with Crippen molar-refractivity contribution in [2.45, 2.75) is 6.42 Å². The van der Waals surface area contributed by atoms with Crippen LogP contribution in [0, 0.1) is 0 Å². The summed E-state index contributed by atoms with van der Waals surface area (Å²) in [6.07, 6.45) is 5.22. The first-order valence-electron chi connectivity index (χ1n) is 8.70. The van der Waals surface area contributed by atoms with Crippen LogP contribution in [0.15, 0.2) is 85.5 Å². The summed E-state index contributed by atoms with van der Waals surface area (Å²) in [6, 6.07) is 20.2. The molecule has 0 spiro atoms. The molecule has 4 aromatic rings. The number of nitrogens with one attached hydrogen (secondary N) is 1. The van der Waals surface area contributed by atoms with Gasteiger partial charge in [-0.15, -0.1) is 0 Å². The second-order valence-corrected chi connectivity index (χ2v) is 6.00. The highest BCUT2D eigenvalue weighted by molar-refractivity contribution is 5.92. The molecule has 0 bridgehead atoms. The lowest BCUT2D eigenvalue weighted by atomic mass is 10.1. The van der Waals surface area contributed by atoms with Gasteiger partial charge in [0, 0.05) is 24.1 Å². The van der Waals surface area contributed by atoms with Gasteiger partial charge in [-0.05, 0) is 35.9 Å². The number of aromatic nitrogens is 4. The molecule has 4 rings (SSSR count). The minimum Gasteiger partial charge on any atom is -0.439 e. The quantitative estimate of drug-likeness (QED) is 0.560. The number of hydrogen-bond donors (Lipinski definition) is 1. The minimum atomic E-state index is -0.0699. The van der Waals surface area contributed by atoms with Crippen molar-refractivity contribution in [3.05, 3.63) is 91.0 Å². The monoisotopic (exact) mass is 371 g/mol. The van der Waals surface area contributed by atoms with Crippen LogP contribution in [0.3, 0.4) is 0 Å². The predicted molar refractivity (Wildman–Crippen MR) is 104 cm³/mol. The van der Waals surface area contributed by atoms with E-state index >= 15 is 0 Å². The zero-order valence-corrected chi connectivity index (χ0v) is 14.9. The van der Waals surface area contributed by atoms with Gasteiger partial charge < -0.3 is 10.1 Å². The van der Waals surface area contributed by atoms with Crippen molar-refractivity contribution >= 4 is 11.6 Å². The molecule has 0 fully saturated rings. The summed E-state index contributed by atoms with van der Waals surface area (Å²) in [5.41, 5.74) is 1.67. The van der Waals surface area contributed by atoms with E-state index in [-0.39, 0.29) is 5.91 Å². The topological polar surface area (TPSA) is 81.9 Å². The van der Waals surface area contributed by atoms with Crippen molar-refractivity contribution in [3.8, 4) is 17.4 Å². The Morgan fingerprint density at radius 3 is 2.57 bits per heavy atom. The molecule has 0 atom stereocenters. The Labute approximate surface area is 161 Å². The van der Waals surface area contributed by atoms with E-state index in [2.05, 4.69) is 20.4 Å². The fraction of sp³-hybridized carbons (Fsp3) is 0.0476. The normalized spacial score (nSPS) is 10.4. The third-order valence-corrected chi connectivity index (χ3v) is 3.93. The lowest BCUT2D eigenvalue weighted by Crippen LogP contribution is -2.14. The van der Waals surface area contributed by atoms with Crippen LogP contribution in [0.2, 0.25) is 0 Å². The first kappa shape index (κ1) is 17.4.